The molecule has 0 saturated heterocycles. The van der Waals surface area contributed by atoms with Crippen molar-refractivity contribution < 1.29 is 14.6 Å². The van der Waals surface area contributed by atoms with Crippen LogP contribution in [0, 0.1) is 5.41 Å². The molecule has 18 heavy (non-hydrogen) atoms. The topological polar surface area (TPSA) is 46.5 Å². The molecule has 1 aliphatic rings. The fourth-order valence-corrected chi connectivity index (χ4v) is 2.16. The van der Waals surface area contributed by atoms with Crippen molar-refractivity contribution in [1.82, 2.24) is 0 Å². The summed E-state index contributed by atoms with van der Waals surface area (Å²) < 4.78 is 5.58. The second kappa shape index (κ2) is 4.73. The van der Waals surface area contributed by atoms with Crippen LogP contribution in [0.25, 0.3) is 0 Å². The molecule has 0 radical (unpaired) electrons. The van der Waals surface area contributed by atoms with Crippen molar-refractivity contribution in [1.29, 1.82) is 0 Å². The zero-order valence-corrected chi connectivity index (χ0v) is 11.1. The number of ether oxygens (including phenoxy) is 1. The predicted octanol–water partition coefficient (Wildman–Crippen LogP) is 3.14. The van der Waals surface area contributed by atoms with E-state index in [9.17, 15) is 9.90 Å². The minimum Gasteiger partial charge on any atom is -0.457 e. The maximum atomic E-state index is 11.9. The quantitative estimate of drug-likeness (QED) is 0.777. The van der Waals surface area contributed by atoms with Gasteiger partial charge in [-0.2, -0.15) is 0 Å². The highest BCUT2D eigenvalue weighted by Crippen LogP contribution is 2.38. The van der Waals surface area contributed by atoms with Gasteiger partial charge in [-0.25, -0.2) is 0 Å². The van der Waals surface area contributed by atoms with E-state index < -0.39 is 11.5 Å². The molecular formula is C15H20O3. The van der Waals surface area contributed by atoms with Crippen LogP contribution in [-0.2, 0) is 9.53 Å². The summed E-state index contributed by atoms with van der Waals surface area (Å²) in [5.74, 6) is -0.196. The van der Waals surface area contributed by atoms with Crippen LogP contribution in [0.15, 0.2) is 24.3 Å². The van der Waals surface area contributed by atoms with E-state index in [1.54, 1.807) is 0 Å². The van der Waals surface area contributed by atoms with Crippen LogP contribution >= 0.6 is 0 Å². The molecule has 0 unspecified atom stereocenters. The minimum atomic E-state index is -0.495. The van der Waals surface area contributed by atoms with Crippen molar-refractivity contribution in [2.45, 2.75) is 45.8 Å². The molecule has 1 aliphatic carbocycles. The molecule has 1 aromatic rings. The van der Waals surface area contributed by atoms with Crippen molar-refractivity contribution in [3.63, 3.8) is 0 Å². The lowest BCUT2D eigenvalue weighted by atomic mass is 9.87. The van der Waals surface area contributed by atoms with Gasteiger partial charge in [0.1, 0.15) is 6.10 Å². The highest BCUT2D eigenvalue weighted by atomic mass is 16.5. The number of fused-ring (bicyclic) bond motifs is 1. The number of rotatable bonds is 1. The van der Waals surface area contributed by atoms with Crippen LogP contribution in [0.5, 0.6) is 0 Å². The Hall–Kier alpha value is -1.35. The molecule has 0 aromatic heterocycles. The summed E-state index contributed by atoms with van der Waals surface area (Å²) in [6, 6.07) is 7.64. The Kier molecular flexibility index (Phi) is 3.44. The molecule has 98 valence electrons. The van der Waals surface area contributed by atoms with Gasteiger partial charge in [0, 0.05) is 0 Å². The van der Waals surface area contributed by atoms with Crippen LogP contribution in [0.1, 0.15) is 56.9 Å². The van der Waals surface area contributed by atoms with Crippen molar-refractivity contribution in [3.8, 4) is 0 Å². The van der Waals surface area contributed by atoms with E-state index in [4.69, 9.17) is 4.74 Å². The van der Waals surface area contributed by atoms with Crippen molar-refractivity contribution >= 4 is 5.97 Å². The van der Waals surface area contributed by atoms with E-state index in [2.05, 4.69) is 0 Å². The van der Waals surface area contributed by atoms with Crippen LogP contribution in [-0.4, -0.2) is 11.1 Å². The van der Waals surface area contributed by atoms with Crippen LogP contribution < -0.4 is 0 Å². The molecule has 0 heterocycles. The largest absolute Gasteiger partial charge is 0.457 e. The van der Waals surface area contributed by atoms with Crippen molar-refractivity contribution in [3.05, 3.63) is 35.4 Å². The molecule has 3 heteroatoms. The van der Waals surface area contributed by atoms with Crippen molar-refractivity contribution in [2.75, 3.05) is 0 Å². The Labute approximate surface area is 108 Å². The molecule has 0 amide bonds. The Morgan fingerprint density at radius 1 is 1.22 bits per heavy atom. The lowest BCUT2D eigenvalue weighted by Crippen LogP contribution is -2.27. The van der Waals surface area contributed by atoms with E-state index in [-0.39, 0.29) is 12.1 Å². The average Bonchev–Trinajstić information content (AvgIpc) is 2.32. The monoisotopic (exact) mass is 248 g/mol. The highest BCUT2D eigenvalue weighted by molar-refractivity contribution is 5.75. The number of hydrogen-bond donors (Lipinski definition) is 1. The average molecular weight is 248 g/mol. The third-order valence-corrected chi connectivity index (χ3v) is 3.27. The SMILES string of the molecule is CC(C)(C)C(=O)O[C@H]1CC[C@@H](O)c2ccccc21. The molecule has 1 N–H and O–H groups in total. The van der Waals surface area contributed by atoms with Gasteiger partial charge in [-0.15, -0.1) is 0 Å². The van der Waals surface area contributed by atoms with Gasteiger partial charge in [0.05, 0.1) is 11.5 Å². The van der Waals surface area contributed by atoms with Crippen LogP contribution in [0.3, 0.4) is 0 Å². The van der Waals surface area contributed by atoms with Crippen LogP contribution in [0.4, 0.5) is 0 Å². The first kappa shape index (κ1) is 13.1. The summed E-state index contributed by atoms with van der Waals surface area (Å²) in [7, 11) is 0. The number of carbonyl (C=O) groups excluding carboxylic acids is 1. The van der Waals surface area contributed by atoms with E-state index in [0.717, 1.165) is 11.1 Å². The van der Waals surface area contributed by atoms with Gasteiger partial charge < -0.3 is 9.84 Å². The van der Waals surface area contributed by atoms with Gasteiger partial charge in [-0.3, -0.25) is 4.79 Å². The smallest absolute Gasteiger partial charge is 0.311 e. The van der Waals surface area contributed by atoms with Crippen molar-refractivity contribution in [2.24, 2.45) is 5.41 Å². The molecule has 0 spiro atoms. The van der Waals surface area contributed by atoms with E-state index in [1.165, 1.54) is 0 Å². The number of benzene rings is 1. The van der Waals surface area contributed by atoms with Gasteiger partial charge >= 0.3 is 5.97 Å². The van der Waals surface area contributed by atoms with Gasteiger partial charge in [-0.05, 0) is 44.7 Å². The summed E-state index contributed by atoms with van der Waals surface area (Å²) >= 11 is 0. The minimum absolute atomic E-state index is 0.196. The third kappa shape index (κ3) is 2.56. The first-order chi connectivity index (χ1) is 8.39. The van der Waals surface area contributed by atoms with E-state index in [0.29, 0.717) is 12.8 Å². The van der Waals surface area contributed by atoms with E-state index >= 15 is 0 Å². The van der Waals surface area contributed by atoms with Gasteiger partial charge in [0.25, 0.3) is 0 Å². The van der Waals surface area contributed by atoms with Gasteiger partial charge in [-0.1, -0.05) is 24.3 Å². The predicted molar refractivity (Wildman–Crippen MR) is 68.9 cm³/mol. The molecule has 0 bridgehead atoms. The maximum Gasteiger partial charge on any atom is 0.311 e. The number of carbonyl (C=O) groups is 1. The second-order valence-corrected chi connectivity index (χ2v) is 5.87. The zero-order chi connectivity index (χ0) is 13.3. The molecule has 0 aliphatic heterocycles. The molecule has 3 nitrogen and oxygen atoms in total. The Bertz CT molecular complexity index is 445. The summed E-state index contributed by atoms with van der Waals surface area (Å²) in [5, 5.41) is 9.93. The first-order valence-corrected chi connectivity index (χ1v) is 6.37. The molecular weight excluding hydrogens is 228 g/mol. The van der Waals surface area contributed by atoms with E-state index in [1.807, 2.05) is 45.0 Å². The number of esters is 1. The van der Waals surface area contributed by atoms with Gasteiger partial charge in [0.15, 0.2) is 0 Å². The van der Waals surface area contributed by atoms with Crippen LogP contribution in [0.2, 0.25) is 0 Å². The summed E-state index contributed by atoms with van der Waals surface area (Å²) in [6.45, 7) is 5.54. The standard InChI is InChI=1S/C15H20O3/c1-15(2,3)14(17)18-13-9-8-12(16)10-6-4-5-7-11(10)13/h4-7,12-13,16H,8-9H2,1-3H3/t12-,13+/m1/s1. The lowest BCUT2D eigenvalue weighted by molar-refractivity contribution is -0.160. The number of hydrogen-bond acceptors (Lipinski definition) is 3. The number of aliphatic hydroxyl groups is 1. The fourth-order valence-electron chi connectivity index (χ4n) is 2.16. The first-order valence-electron chi connectivity index (χ1n) is 6.37. The Balaban J connectivity index is 2.22. The fraction of sp³-hybridized carbons (Fsp3) is 0.533. The molecule has 2 atom stereocenters. The summed E-state index contributed by atoms with van der Waals surface area (Å²) in [4.78, 5) is 11.9. The third-order valence-electron chi connectivity index (χ3n) is 3.27. The summed E-state index contributed by atoms with van der Waals surface area (Å²) in [5.41, 5.74) is 1.33. The summed E-state index contributed by atoms with van der Waals surface area (Å²) in [6.07, 6.45) is 0.654. The molecule has 0 saturated carbocycles. The second-order valence-electron chi connectivity index (χ2n) is 5.87. The maximum absolute atomic E-state index is 11.9. The Morgan fingerprint density at radius 2 is 1.83 bits per heavy atom. The number of aliphatic hydroxyl groups excluding tert-OH is 1. The molecule has 0 fully saturated rings. The normalized spacial score (nSPS) is 23.3. The Morgan fingerprint density at radius 3 is 2.44 bits per heavy atom. The zero-order valence-electron chi connectivity index (χ0n) is 11.1. The highest BCUT2D eigenvalue weighted by Gasteiger charge is 2.31. The molecule has 2 rings (SSSR count). The molecule has 1 aromatic carbocycles. The van der Waals surface area contributed by atoms with Gasteiger partial charge in [0.2, 0.25) is 0 Å². The lowest BCUT2D eigenvalue weighted by Gasteiger charge is -2.30.